The molecule has 0 atom stereocenters. The first-order valence-electron chi connectivity index (χ1n) is 5.16. The fourth-order valence-electron chi connectivity index (χ4n) is 1.48. The Bertz CT molecular complexity index is 441. The summed E-state index contributed by atoms with van der Waals surface area (Å²) in [6.07, 6.45) is 3.70. The number of hydrogen-bond donors (Lipinski definition) is 2. The summed E-state index contributed by atoms with van der Waals surface area (Å²) in [6, 6.07) is 3.95. The molecular weight excluding hydrogens is 206 g/mol. The van der Waals surface area contributed by atoms with Crippen LogP contribution in [0, 0.1) is 0 Å². The maximum atomic E-state index is 5.19. The highest BCUT2D eigenvalue weighted by Crippen LogP contribution is 2.14. The Balaban J connectivity index is 1.89. The summed E-state index contributed by atoms with van der Waals surface area (Å²) in [4.78, 5) is 12.5. The molecule has 0 saturated carbocycles. The van der Waals surface area contributed by atoms with Crippen LogP contribution in [0.3, 0.4) is 0 Å². The van der Waals surface area contributed by atoms with E-state index in [4.69, 9.17) is 9.57 Å². The Morgan fingerprint density at radius 1 is 1.44 bits per heavy atom. The number of hydrogen-bond acceptors (Lipinski definition) is 4. The van der Waals surface area contributed by atoms with Crippen molar-refractivity contribution in [3.63, 3.8) is 0 Å². The van der Waals surface area contributed by atoms with Crippen LogP contribution in [0.25, 0.3) is 11.0 Å². The van der Waals surface area contributed by atoms with Gasteiger partial charge in [-0.1, -0.05) is 0 Å². The normalized spacial score (nSPS) is 11.1. The maximum absolute atomic E-state index is 5.19. The van der Waals surface area contributed by atoms with Gasteiger partial charge in [-0.05, 0) is 17.7 Å². The van der Waals surface area contributed by atoms with E-state index >= 15 is 0 Å². The zero-order chi connectivity index (χ0) is 11.2. The van der Waals surface area contributed by atoms with Crippen molar-refractivity contribution in [2.75, 3.05) is 20.3 Å². The van der Waals surface area contributed by atoms with Gasteiger partial charge in [0.25, 0.3) is 0 Å². The van der Waals surface area contributed by atoms with E-state index in [2.05, 4.69) is 15.4 Å². The Kier molecular flexibility index (Phi) is 3.87. The largest absolute Gasteiger partial charge is 0.382 e. The molecule has 0 amide bonds. The Hall–Kier alpha value is -1.43. The molecule has 2 heterocycles. The molecule has 5 nitrogen and oxygen atoms in total. The molecule has 2 aromatic rings. The minimum Gasteiger partial charge on any atom is -0.382 e. The van der Waals surface area contributed by atoms with Crippen molar-refractivity contribution in [2.45, 2.75) is 6.54 Å². The van der Waals surface area contributed by atoms with Gasteiger partial charge < -0.3 is 9.72 Å². The molecule has 0 fully saturated rings. The van der Waals surface area contributed by atoms with E-state index < -0.39 is 0 Å². The highest BCUT2D eigenvalue weighted by atomic mass is 16.7. The first kappa shape index (κ1) is 11.1. The summed E-state index contributed by atoms with van der Waals surface area (Å²) in [7, 11) is 1.65. The minimum atomic E-state index is 0.539. The Labute approximate surface area is 93.7 Å². The number of hydroxylamine groups is 1. The second-order valence-corrected chi connectivity index (χ2v) is 3.38. The molecule has 86 valence electrons. The van der Waals surface area contributed by atoms with E-state index in [0.29, 0.717) is 19.8 Å². The Morgan fingerprint density at radius 2 is 2.38 bits per heavy atom. The van der Waals surface area contributed by atoms with Gasteiger partial charge in [-0.15, -0.1) is 0 Å². The van der Waals surface area contributed by atoms with Gasteiger partial charge in [-0.2, -0.15) is 5.48 Å². The molecule has 16 heavy (non-hydrogen) atoms. The first-order chi connectivity index (χ1) is 7.92. The molecule has 2 rings (SSSR count). The summed E-state index contributed by atoms with van der Waals surface area (Å²) in [6.45, 7) is 1.77. The third-order valence-electron chi connectivity index (χ3n) is 2.29. The number of nitrogens with one attached hydrogen (secondary N) is 2. The van der Waals surface area contributed by atoms with Gasteiger partial charge in [0.2, 0.25) is 0 Å². The van der Waals surface area contributed by atoms with Crippen LogP contribution in [-0.4, -0.2) is 30.3 Å². The fraction of sp³-hybridized carbons (Fsp3) is 0.364. The standard InChI is InChI=1S/C11H15N3O2/c1-15-5-6-16-14-8-9-7-13-11-10(9)3-2-4-12-11/h2-4,7,14H,5-6,8H2,1H3,(H,12,13). The average Bonchev–Trinajstić information content (AvgIpc) is 2.73. The predicted molar refractivity (Wildman–Crippen MR) is 60.8 cm³/mol. The number of nitrogens with zero attached hydrogens (tertiary/aromatic N) is 1. The molecule has 0 saturated heterocycles. The molecule has 0 radical (unpaired) electrons. The third-order valence-corrected chi connectivity index (χ3v) is 2.29. The lowest BCUT2D eigenvalue weighted by Crippen LogP contribution is -2.16. The zero-order valence-electron chi connectivity index (χ0n) is 9.19. The summed E-state index contributed by atoms with van der Waals surface area (Å²) in [5, 5.41) is 1.12. The molecular formula is C11H15N3O2. The van der Waals surface area contributed by atoms with Crippen molar-refractivity contribution in [3.8, 4) is 0 Å². The molecule has 0 aliphatic heterocycles. The van der Waals surface area contributed by atoms with Gasteiger partial charge in [0, 0.05) is 31.4 Å². The van der Waals surface area contributed by atoms with Crippen molar-refractivity contribution in [1.29, 1.82) is 0 Å². The van der Waals surface area contributed by atoms with E-state index in [1.807, 2.05) is 18.3 Å². The SMILES string of the molecule is COCCONCc1c[nH]c2ncccc12. The van der Waals surface area contributed by atoms with Crippen molar-refractivity contribution in [1.82, 2.24) is 15.4 Å². The summed E-state index contributed by atoms with van der Waals surface area (Å²) < 4.78 is 4.87. The second kappa shape index (κ2) is 5.60. The highest BCUT2D eigenvalue weighted by Gasteiger charge is 2.02. The Morgan fingerprint density at radius 3 is 3.25 bits per heavy atom. The zero-order valence-corrected chi connectivity index (χ0v) is 9.19. The van der Waals surface area contributed by atoms with E-state index in [1.54, 1.807) is 13.3 Å². The smallest absolute Gasteiger partial charge is 0.137 e. The maximum Gasteiger partial charge on any atom is 0.137 e. The van der Waals surface area contributed by atoms with Crippen molar-refractivity contribution < 1.29 is 9.57 Å². The van der Waals surface area contributed by atoms with Crippen molar-refractivity contribution in [3.05, 3.63) is 30.1 Å². The van der Waals surface area contributed by atoms with Crippen LogP contribution in [-0.2, 0) is 16.1 Å². The number of rotatable bonds is 6. The predicted octanol–water partition coefficient (Wildman–Crippen LogP) is 1.23. The van der Waals surface area contributed by atoms with Gasteiger partial charge in [0.15, 0.2) is 0 Å². The lowest BCUT2D eigenvalue weighted by Gasteiger charge is -2.04. The molecule has 0 aliphatic rings. The topological polar surface area (TPSA) is 59.2 Å². The van der Waals surface area contributed by atoms with E-state index in [0.717, 1.165) is 16.6 Å². The van der Waals surface area contributed by atoms with Gasteiger partial charge >= 0.3 is 0 Å². The lowest BCUT2D eigenvalue weighted by atomic mass is 10.2. The van der Waals surface area contributed by atoms with E-state index in [9.17, 15) is 0 Å². The van der Waals surface area contributed by atoms with Crippen LogP contribution < -0.4 is 5.48 Å². The number of pyridine rings is 1. The van der Waals surface area contributed by atoms with Crippen molar-refractivity contribution in [2.24, 2.45) is 0 Å². The second-order valence-electron chi connectivity index (χ2n) is 3.38. The third kappa shape index (κ3) is 2.57. The van der Waals surface area contributed by atoms with Crippen LogP contribution in [0.5, 0.6) is 0 Å². The van der Waals surface area contributed by atoms with E-state index in [-0.39, 0.29) is 0 Å². The van der Waals surface area contributed by atoms with Gasteiger partial charge in [-0.25, -0.2) is 4.98 Å². The van der Waals surface area contributed by atoms with E-state index in [1.165, 1.54) is 0 Å². The molecule has 0 aliphatic carbocycles. The lowest BCUT2D eigenvalue weighted by molar-refractivity contribution is 0.00363. The number of aromatic amines is 1. The summed E-state index contributed by atoms with van der Waals surface area (Å²) >= 11 is 0. The average molecular weight is 221 g/mol. The summed E-state index contributed by atoms with van der Waals surface area (Å²) in [5.41, 5.74) is 4.93. The van der Waals surface area contributed by atoms with Crippen molar-refractivity contribution >= 4 is 11.0 Å². The molecule has 0 unspecified atom stereocenters. The summed E-state index contributed by atoms with van der Waals surface area (Å²) in [5.74, 6) is 0. The number of methoxy groups -OCH3 is 1. The molecule has 0 bridgehead atoms. The van der Waals surface area contributed by atoms with Crippen LogP contribution in [0.15, 0.2) is 24.5 Å². The number of H-pyrrole nitrogens is 1. The molecule has 0 aromatic carbocycles. The van der Waals surface area contributed by atoms with Gasteiger partial charge in [-0.3, -0.25) is 4.84 Å². The number of fused-ring (bicyclic) bond motifs is 1. The quantitative estimate of drug-likeness (QED) is 0.569. The minimum absolute atomic E-state index is 0.539. The molecule has 0 spiro atoms. The molecule has 2 aromatic heterocycles. The monoisotopic (exact) mass is 221 g/mol. The van der Waals surface area contributed by atoms with Crippen LogP contribution >= 0.6 is 0 Å². The van der Waals surface area contributed by atoms with Gasteiger partial charge in [0.05, 0.1) is 13.2 Å². The van der Waals surface area contributed by atoms with Crippen LogP contribution in [0.1, 0.15) is 5.56 Å². The number of ether oxygens (including phenoxy) is 1. The molecule has 2 N–H and O–H groups in total. The first-order valence-corrected chi connectivity index (χ1v) is 5.16. The van der Waals surface area contributed by atoms with Crippen LogP contribution in [0.4, 0.5) is 0 Å². The van der Waals surface area contributed by atoms with Gasteiger partial charge in [0.1, 0.15) is 5.65 Å². The number of aromatic nitrogens is 2. The fourth-order valence-corrected chi connectivity index (χ4v) is 1.48. The highest BCUT2D eigenvalue weighted by molar-refractivity contribution is 5.79. The van der Waals surface area contributed by atoms with Crippen LogP contribution in [0.2, 0.25) is 0 Å². The molecule has 5 heteroatoms.